The topological polar surface area (TPSA) is 77.8 Å². The first kappa shape index (κ1) is 15.5. The summed E-state index contributed by atoms with van der Waals surface area (Å²) in [6.07, 6.45) is 1.80. The van der Waals surface area contributed by atoms with Gasteiger partial charge in [-0.25, -0.2) is 18.9 Å². The molecule has 0 spiro atoms. The van der Waals surface area contributed by atoms with Gasteiger partial charge in [-0.05, 0) is 30.3 Å². The van der Waals surface area contributed by atoms with E-state index in [9.17, 15) is 4.39 Å². The Morgan fingerprint density at radius 3 is 2.74 bits per heavy atom. The van der Waals surface area contributed by atoms with Crippen molar-refractivity contribution in [3.63, 3.8) is 0 Å². The number of anilines is 1. The molecule has 0 saturated heterocycles. The molecule has 0 fully saturated rings. The van der Waals surface area contributed by atoms with Gasteiger partial charge in [0.05, 0.1) is 18.5 Å². The quantitative estimate of drug-likeness (QED) is 0.522. The molecule has 4 aromatic rings. The lowest BCUT2D eigenvalue weighted by Crippen LogP contribution is -2.06. The molecule has 0 unspecified atom stereocenters. The van der Waals surface area contributed by atoms with Crippen LogP contribution in [0, 0.1) is 5.82 Å². The first-order valence-electron chi connectivity index (χ1n) is 8.33. The monoisotopic (exact) mass is 359 g/mol. The number of para-hydroxylation sites is 1. The Morgan fingerprint density at radius 2 is 1.93 bits per heavy atom. The molecule has 0 atom stereocenters. The zero-order valence-corrected chi connectivity index (χ0v) is 14.3. The minimum absolute atomic E-state index is 0.174. The number of aromatic nitrogens is 3. The Labute approximate surface area is 153 Å². The van der Waals surface area contributed by atoms with Crippen LogP contribution in [0.25, 0.3) is 16.8 Å². The highest BCUT2D eigenvalue weighted by Gasteiger charge is 2.24. The van der Waals surface area contributed by atoms with Crippen molar-refractivity contribution < 1.29 is 9.13 Å². The highest BCUT2D eigenvalue weighted by Crippen LogP contribution is 2.38. The molecule has 0 aliphatic carbocycles. The summed E-state index contributed by atoms with van der Waals surface area (Å²) in [4.78, 5) is 9.29. The number of ether oxygens (including phenoxy) is 1. The van der Waals surface area contributed by atoms with E-state index in [0.29, 0.717) is 17.0 Å². The molecule has 0 saturated carbocycles. The van der Waals surface area contributed by atoms with E-state index in [2.05, 4.69) is 10.1 Å². The van der Waals surface area contributed by atoms with Crippen molar-refractivity contribution in [1.82, 2.24) is 14.6 Å². The second kappa shape index (κ2) is 5.63. The van der Waals surface area contributed by atoms with E-state index in [1.54, 1.807) is 22.8 Å². The lowest BCUT2D eigenvalue weighted by molar-refractivity contribution is 0.386. The van der Waals surface area contributed by atoms with Crippen molar-refractivity contribution in [2.24, 2.45) is 4.99 Å². The van der Waals surface area contributed by atoms with Gasteiger partial charge in [0, 0.05) is 22.9 Å². The molecule has 27 heavy (non-hydrogen) atoms. The lowest BCUT2D eigenvalue weighted by Gasteiger charge is -2.08. The van der Waals surface area contributed by atoms with Gasteiger partial charge < -0.3 is 10.5 Å². The third-order valence-corrected chi connectivity index (χ3v) is 4.60. The van der Waals surface area contributed by atoms with Crippen LogP contribution in [-0.2, 0) is 0 Å². The number of methoxy groups -OCH3 is 1. The third-order valence-electron chi connectivity index (χ3n) is 4.60. The van der Waals surface area contributed by atoms with Crippen LogP contribution >= 0.6 is 0 Å². The molecule has 6 nitrogen and oxygen atoms in total. The molecular weight excluding hydrogens is 345 g/mol. The molecule has 5 rings (SSSR count). The molecule has 0 bridgehead atoms. The Hall–Kier alpha value is -3.74. The molecule has 3 heterocycles. The molecule has 7 heteroatoms. The zero-order valence-electron chi connectivity index (χ0n) is 14.3. The van der Waals surface area contributed by atoms with E-state index >= 15 is 0 Å². The lowest BCUT2D eigenvalue weighted by atomic mass is 10.0. The van der Waals surface area contributed by atoms with Crippen LogP contribution in [0.3, 0.4) is 0 Å². The van der Waals surface area contributed by atoms with E-state index in [1.807, 2.05) is 30.3 Å². The molecule has 2 N–H and O–H groups in total. The van der Waals surface area contributed by atoms with Crippen molar-refractivity contribution in [3.05, 3.63) is 71.7 Å². The minimum atomic E-state index is -0.445. The normalized spacial score (nSPS) is 12.4. The fourth-order valence-electron chi connectivity index (χ4n) is 3.41. The smallest absolute Gasteiger partial charge is 0.238 e. The van der Waals surface area contributed by atoms with Gasteiger partial charge in [0.1, 0.15) is 11.2 Å². The van der Waals surface area contributed by atoms with Crippen molar-refractivity contribution in [2.75, 3.05) is 12.8 Å². The summed E-state index contributed by atoms with van der Waals surface area (Å²) < 4.78 is 21.1. The number of rotatable bonds is 2. The van der Waals surface area contributed by atoms with E-state index in [4.69, 9.17) is 15.5 Å². The van der Waals surface area contributed by atoms with Crippen LogP contribution < -0.4 is 10.5 Å². The second-order valence-electron chi connectivity index (χ2n) is 6.17. The Morgan fingerprint density at radius 1 is 1.07 bits per heavy atom. The number of halogens is 1. The molecule has 132 valence electrons. The maximum atomic E-state index is 14.3. The Bertz CT molecular complexity index is 1240. The molecule has 2 aromatic heterocycles. The fourth-order valence-corrected chi connectivity index (χ4v) is 3.41. The number of nitrogens with two attached hydrogens (primary N) is 1. The number of fused-ring (bicyclic) bond motifs is 2. The molecule has 1 aliphatic heterocycles. The van der Waals surface area contributed by atoms with Crippen molar-refractivity contribution in [2.45, 2.75) is 0 Å². The zero-order chi connectivity index (χ0) is 18.5. The number of hydrogen-bond donors (Lipinski definition) is 1. The van der Waals surface area contributed by atoms with Gasteiger partial charge in [-0.1, -0.05) is 18.2 Å². The average Bonchev–Trinajstić information content (AvgIpc) is 3.03. The highest BCUT2D eigenvalue weighted by molar-refractivity contribution is 6.20. The summed E-state index contributed by atoms with van der Waals surface area (Å²) in [6, 6.07) is 14.4. The first-order chi connectivity index (χ1) is 13.2. The standard InChI is InChI=1S/C20H14FN5O/c1-27-16-7-6-11(10-14(16)21)17-13-8-9-26-19(13)18(24-20(22)25-26)12-4-2-3-5-15(12)23-17/h2-10H,1H3,(H2,22,25). The maximum absolute atomic E-state index is 14.3. The number of aliphatic imine (C=N–C) groups is 1. The summed E-state index contributed by atoms with van der Waals surface area (Å²) in [5.41, 5.74) is 11.0. The van der Waals surface area contributed by atoms with Crippen LogP contribution in [0.2, 0.25) is 0 Å². The predicted octanol–water partition coefficient (Wildman–Crippen LogP) is 3.61. The molecule has 0 amide bonds. The van der Waals surface area contributed by atoms with Crippen molar-refractivity contribution in [1.29, 1.82) is 0 Å². The highest BCUT2D eigenvalue weighted by atomic mass is 19.1. The van der Waals surface area contributed by atoms with Gasteiger partial charge in [-0.15, -0.1) is 5.10 Å². The summed E-state index contributed by atoms with van der Waals surface area (Å²) >= 11 is 0. The fraction of sp³-hybridized carbons (Fsp3) is 0.0500. The molecule has 2 aromatic carbocycles. The Balaban J connectivity index is 1.86. The van der Waals surface area contributed by atoms with Gasteiger partial charge >= 0.3 is 0 Å². The van der Waals surface area contributed by atoms with Crippen molar-refractivity contribution in [3.8, 4) is 17.0 Å². The third kappa shape index (κ3) is 2.28. The largest absolute Gasteiger partial charge is 0.494 e. The summed E-state index contributed by atoms with van der Waals surface area (Å²) in [5.74, 6) is -0.0835. The SMILES string of the molecule is COc1ccc(C2=Nc3ccccc3-c3nc(N)nn4ccc2c34)cc1F. The summed E-state index contributed by atoms with van der Waals surface area (Å²) in [5, 5.41) is 4.26. The Kier molecular flexibility index (Phi) is 3.24. The minimum Gasteiger partial charge on any atom is -0.494 e. The van der Waals surface area contributed by atoms with Crippen LogP contribution in [0.15, 0.2) is 59.7 Å². The van der Waals surface area contributed by atoms with Crippen molar-refractivity contribution >= 4 is 22.9 Å². The average molecular weight is 359 g/mol. The number of nitrogens with zero attached hydrogens (tertiary/aromatic N) is 4. The molecule has 0 radical (unpaired) electrons. The van der Waals surface area contributed by atoms with Crippen LogP contribution in [-0.4, -0.2) is 27.4 Å². The molecule has 1 aliphatic rings. The van der Waals surface area contributed by atoms with Gasteiger partial charge in [0.2, 0.25) is 5.95 Å². The van der Waals surface area contributed by atoms with Gasteiger partial charge in [0.25, 0.3) is 0 Å². The van der Waals surface area contributed by atoms with Gasteiger partial charge in [0.15, 0.2) is 11.6 Å². The van der Waals surface area contributed by atoms with Crippen LogP contribution in [0.1, 0.15) is 11.1 Å². The number of nitrogen functional groups attached to an aromatic ring is 1. The summed E-state index contributed by atoms with van der Waals surface area (Å²) in [6.45, 7) is 0. The second-order valence-corrected chi connectivity index (χ2v) is 6.17. The first-order valence-corrected chi connectivity index (χ1v) is 8.33. The predicted molar refractivity (Wildman–Crippen MR) is 101 cm³/mol. The molecular formula is C20H14FN5O. The summed E-state index contributed by atoms with van der Waals surface area (Å²) in [7, 11) is 1.44. The van der Waals surface area contributed by atoms with Gasteiger partial charge in [-0.2, -0.15) is 0 Å². The van der Waals surface area contributed by atoms with E-state index < -0.39 is 5.82 Å². The maximum Gasteiger partial charge on any atom is 0.238 e. The number of benzene rings is 2. The van der Waals surface area contributed by atoms with E-state index in [0.717, 1.165) is 22.3 Å². The number of hydrogen-bond acceptors (Lipinski definition) is 5. The van der Waals surface area contributed by atoms with Crippen LogP contribution in [0.5, 0.6) is 5.75 Å². The van der Waals surface area contributed by atoms with Gasteiger partial charge in [-0.3, -0.25) is 0 Å². The van der Waals surface area contributed by atoms with E-state index in [1.165, 1.54) is 13.2 Å². The van der Waals surface area contributed by atoms with E-state index in [-0.39, 0.29) is 11.7 Å². The van der Waals surface area contributed by atoms with Crippen LogP contribution in [0.4, 0.5) is 16.0 Å².